The van der Waals surface area contributed by atoms with Crippen LogP contribution in [0.1, 0.15) is 29.0 Å². The summed E-state index contributed by atoms with van der Waals surface area (Å²) < 4.78 is 12.2. The van der Waals surface area contributed by atoms with Crippen LogP contribution >= 0.6 is 11.3 Å². The van der Waals surface area contributed by atoms with E-state index in [1.807, 2.05) is 19.3 Å². The number of anilines is 1. The topological polar surface area (TPSA) is 60.4 Å². The molecule has 4 heterocycles. The Labute approximate surface area is 145 Å². The van der Waals surface area contributed by atoms with Gasteiger partial charge < -0.3 is 14.4 Å². The number of rotatable bonds is 4. The lowest BCUT2D eigenvalue weighted by atomic mass is 9.85. The summed E-state index contributed by atoms with van der Waals surface area (Å²) in [4.78, 5) is 6.47. The van der Waals surface area contributed by atoms with Gasteiger partial charge in [-0.1, -0.05) is 17.4 Å². The van der Waals surface area contributed by atoms with Crippen molar-refractivity contribution in [2.24, 2.45) is 0 Å². The van der Waals surface area contributed by atoms with Crippen molar-refractivity contribution >= 4 is 16.5 Å². The van der Waals surface area contributed by atoms with Crippen LogP contribution in [-0.2, 0) is 16.1 Å². The van der Waals surface area contributed by atoms with E-state index in [1.165, 1.54) is 5.56 Å². The van der Waals surface area contributed by atoms with Crippen LogP contribution in [0, 0.1) is 13.8 Å². The molecule has 6 nitrogen and oxygen atoms in total. The Hall–Kier alpha value is -1.57. The fraction of sp³-hybridized carbons (Fsp3) is 0.588. The van der Waals surface area contributed by atoms with Crippen LogP contribution in [0.5, 0.6) is 0 Å². The molecule has 0 bridgehead atoms. The average molecular weight is 346 g/mol. The van der Waals surface area contributed by atoms with Crippen molar-refractivity contribution in [1.82, 2.24) is 15.2 Å². The molecule has 1 atom stereocenters. The Morgan fingerprint density at radius 1 is 1.33 bits per heavy atom. The van der Waals surface area contributed by atoms with E-state index in [0.29, 0.717) is 6.61 Å². The molecule has 0 saturated carbocycles. The third-order valence-electron chi connectivity index (χ3n) is 4.61. The van der Waals surface area contributed by atoms with Gasteiger partial charge in [0, 0.05) is 25.4 Å². The minimum Gasteiger partial charge on any atom is -0.373 e. The molecule has 0 aromatic carbocycles. The van der Waals surface area contributed by atoms with Crippen LogP contribution in [0.25, 0.3) is 0 Å². The van der Waals surface area contributed by atoms with Gasteiger partial charge in [-0.2, -0.15) is 0 Å². The van der Waals surface area contributed by atoms with Crippen LogP contribution < -0.4 is 4.90 Å². The largest absolute Gasteiger partial charge is 0.373 e. The Bertz CT molecular complexity index is 714. The lowest BCUT2D eigenvalue weighted by Crippen LogP contribution is -2.66. The molecule has 2 aromatic rings. The van der Waals surface area contributed by atoms with Crippen LogP contribution in [-0.4, -0.2) is 46.6 Å². The first-order valence-corrected chi connectivity index (χ1v) is 9.15. The molecule has 2 saturated heterocycles. The molecule has 2 aliphatic heterocycles. The number of aromatic nitrogens is 3. The number of pyridine rings is 1. The fourth-order valence-electron chi connectivity index (χ4n) is 3.45. The first-order valence-electron chi connectivity index (χ1n) is 8.33. The summed E-state index contributed by atoms with van der Waals surface area (Å²) >= 11 is 1.64. The van der Waals surface area contributed by atoms with Gasteiger partial charge in [0.05, 0.1) is 25.8 Å². The summed E-state index contributed by atoms with van der Waals surface area (Å²) in [5.74, 6) is 0. The summed E-state index contributed by atoms with van der Waals surface area (Å²) in [6, 6.07) is 2.13. The highest BCUT2D eigenvalue weighted by atomic mass is 32.1. The predicted molar refractivity (Wildman–Crippen MR) is 92.3 cm³/mol. The van der Waals surface area contributed by atoms with E-state index in [9.17, 15) is 0 Å². The molecule has 0 N–H and O–H groups in total. The van der Waals surface area contributed by atoms with Gasteiger partial charge in [-0.3, -0.25) is 4.98 Å². The molecule has 0 aliphatic carbocycles. The molecule has 128 valence electrons. The highest BCUT2D eigenvalue weighted by Gasteiger charge is 2.48. The van der Waals surface area contributed by atoms with Crippen molar-refractivity contribution in [3.63, 3.8) is 0 Å². The molecule has 24 heavy (non-hydrogen) atoms. The number of hydrogen-bond donors (Lipinski definition) is 0. The summed E-state index contributed by atoms with van der Waals surface area (Å²) in [5.41, 5.74) is 2.23. The molecule has 2 fully saturated rings. The molecule has 7 heteroatoms. The van der Waals surface area contributed by atoms with Crippen molar-refractivity contribution in [1.29, 1.82) is 0 Å². The van der Waals surface area contributed by atoms with Crippen molar-refractivity contribution in [3.05, 3.63) is 34.6 Å². The van der Waals surface area contributed by atoms with E-state index >= 15 is 0 Å². The molecule has 2 aliphatic rings. The molecule has 0 radical (unpaired) electrons. The van der Waals surface area contributed by atoms with Gasteiger partial charge in [-0.05, 0) is 31.4 Å². The minimum atomic E-state index is -0.0760. The molecule has 2 aromatic heterocycles. The second-order valence-corrected chi connectivity index (χ2v) is 7.95. The van der Waals surface area contributed by atoms with Gasteiger partial charge in [0.15, 0.2) is 0 Å². The fourth-order valence-corrected chi connectivity index (χ4v) is 4.14. The zero-order chi connectivity index (χ0) is 16.6. The molecular formula is C17H22N4O2S. The summed E-state index contributed by atoms with van der Waals surface area (Å²) in [5, 5.41) is 10.3. The second kappa shape index (κ2) is 6.38. The maximum atomic E-state index is 6.14. The Kier molecular flexibility index (Phi) is 4.24. The predicted octanol–water partition coefficient (Wildman–Crippen LogP) is 2.50. The van der Waals surface area contributed by atoms with Crippen LogP contribution in [0.3, 0.4) is 0 Å². The van der Waals surface area contributed by atoms with E-state index in [1.54, 1.807) is 11.3 Å². The Morgan fingerprint density at radius 2 is 2.21 bits per heavy atom. The average Bonchev–Trinajstić information content (AvgIpc) is 2.97. The zero-order valence-electron chi connectivity index (χ0n) is 14.1. The normalized spacial score (nSPS) is 22.6. The van der Waals surface area contributed by atoms with Gasteiger partial charge in [0.1, 0.15) is 10.6 Å². The van der Waals surface area contributed by atoms with Gasteiger partial charge in [-0.15, -0.1) is 10.2 Å². The quantitative estimate of drug-likeness (QED) is 0.848. The number of nitrogens with zero attached hydrogens (tertiary/aromatic N) is 4. The van der Waals surface area contributed by atoms with Gasteiger partial charge in [0.2, 0.25) is 5.13 Å². The van der Waals surface area contributed by atoms with E-state index in [2.05, 4.69) is 33.1 Å². The number of aryl methyl sites for hydroxylation is 2. The summed E-state index contributed by atoms with van der Waals surface area (Å²) in [6.45, 7) is 7.19. The van der Waals surface area contributed by atoms with E-state index < -0.39 is 0 Å². The standard InChI is InChI=1S/C17H22N4O2S/c1-12-5-14(8-18-7-12)9-22-15-3-4-23-17(6-15)10-21(11-17)16-20-19-13(2)24-16/h5,7-8,15H,3-4,6,9-11H2,1-2H3/t15-/m0/s1. The lowest BCUT2D eigenvalue weighted by molar-refractivity contribution is -0.148. The Balaban J connectivity index is 1.32. The smallest absolute Gasteiger partial charge is 0.208 e. The lowest BCUT2D eigenvalue weighted by Gasteiger charge is -2.52. The first kappa shape index (κ1) is 15.9. The maximum absolute atomic E-state index is 6.14. The Morgan fingerprint density at radius 3 is 2.96 bits per heavy atom. The minimum absolute atomic E-state index is 0.0760. The van der Waals surface area contributed by atoms with Crippen molar-refractivity contribution < 1.29 is 9.47 Å². The monoisotopic (exact) mass is 346 g/mol. The highest BCUT2D eigenvalue weighted by molar-refractivity contribution is 7.15. The first-order chi connectivity index (χ1) is 11.6. The molecule has 0 unspecified atom stereocenters. The van der Waals surface area contributed by atoms with Gasteiger partial charge in [-0.25, -0.2) is 0 Å². The maximum Gasteiger partial charge on any atom is 0.208 e. The molecular weight excluding hydrogens is 324 g/mol. The third kappa shape index (κ3) is 3.29. The summed E-state index contributed by atoms with van der Waals surface area (Å²) in [7, 11) is 0. The molecule has 1 spiro atoms. The van der Waals surface area contributed by atoms with Crippen LogP contribution in [0.2, 0.25) is 0 Å². The van der Waals surface area contributed by atoms with Gasteiger partial charge >= 0.3 is 0 Å². The van der Waals surface area contributed by atoms with Crippen LogP contribution in [0.4, 0.5) is 5.13 Å². The second-order valence-electron chi connectivity index (χ2n) is 6.79. The van der Waals surface area contributed by atoms with Crippen molar-refractivity contribution in [2.75, 3.05) is 24.6 Å². The SMILES string of the molecule is Cc1cncc(CO[C@H]2CCOC3(C2)CN(c2nnc(C)s2)C3)c1. The number of hydrogen-bond acceptors (Lipinski definition) is 7. The van der Waals surface area contributed by atoms with E-state index in [4.69, 9.17) is 9.47 Å². The van der Waals surface area contributed by atoms with E-state index in [0.717, 1.165) is 48.2 Å². The summed E-state index contributed by atoms with van der Waals surface area (Å²) in [6.07, 6.45) is 5.90. The zero-order valence-corrected chi connectivity index (χ0v) is 14.9. The van der Waals surface area contributed by atoms with Gasteiger partial charge in [0.25, 0.3) is 0 Å². The van der Waals surface area contributed by atoms with Crippen LogP contribution in [0.15, 0.2) is 18.5 Å². The third-order valence-corrected chi connectivity index (χ3v) is 5.51. The molecule has 0 amide bonds. The van der Waals surface area contributed by atoms with E-state index in [-0.39, 0.29) is 11.7 Å². The van der Waals surface area contributed by atoms with Crippen molar-refractivity contribution in [3.8, 4) is 0 Å². The molecule has 4 rings (SSSR count). The van der Waals surface area contributed by atoms with Crippen molar-refractivity contribution in [2.45, 2.75) is 45.0 Å². The number of ether oxygens (including phenoxy) is 2. The highest BCUT2D eigenvalue weighted by Crippen LogP contribution is 2.38.